The minimum atomic E-state index is -0.209. The second-order valence-electron chi connectivity index (χ2n) is 11.6. The van der Waals surface area contributed by atoms with Crippen LogP contribution in [-0.2, 0) is 16.2 Å². The molecular formula is C29H35N3O. The van der Waals surface area contributed by atoms with Gasteiger partial charge in [0.25, 0.3) is 0 Å². The molecule has 0 amide bonds. The largest absolute Gasteiger partial charge is 0.505 e. The van der Waals surface area contributed by atoms with Crippen LogP contribution in [0.1, 0.15) is 77.6 Å². The molecule has 0 saturated heterocycles. The van der Waals surface area contributed by atoms with Gasteiger partial charge in [-0.15, -0.1) is 15.0 Å². The Labute approximate surface area is 197 Å². The third-order valence-corrected chi connectivity index (χ3v) is 6.58. The maximum atomic E-state index is 11.2. The van der Waals surface area contributed by atoms with E-state index in [2.05, 4.69) is 97.9 Å². The van der Waals surface area contributed by atoms with Gasteiger partial charge in [0.05, 0.1) is 0 Å². The normalized spacial score (nSPS) is 13.0. The van der Waals surface area contributed by atoms with Crippen molar-refractivity contribution < 1.29 is 5.11 Å². The molecule has 4 aromatic rings. The third-order valence-electron chi connectivity index (χ3n) is 6.58. The van der Waals surface area contributed by atoms with Crippen molar-refractivity contribution >= 4 is 11.0 Å². The Hall–Kier alpha value is -3.14. The molecule has 0 atom stereocenters. The number of fused-ring (bicyclic) bond motifs is 1. The predicted octanol–water partition coefficient (Wildman–Crippen LogP) is 7.05. The Morgan fingerprint density at radius 3 is 1.88 bits per heavy atom. The molecule has 0 unspecified atom stereocenters. The molecular weight excluding hydrogens is 406 g/mol. The lowest BCUT2D eigenvalue weighted by atomic mass is 9.78. The maximum Gasteiger partial charge on any atom is 0.146 e. The number of hydrogen-bond donors (Lipinski definition) is 1. The van der Waals surface area contributed by atoms with E-state index in [-0.39, 0.29) is 22.0 Å². The lowest BCUT2D eigenvalue weighted by Gasteiger charge is -2.27. The van der Waals surface area contributed by atoms with Crippen LogP contribution in [0.2, 0.25) is 0 Å². The SMILES string of the molecule is CC(C)(C)c1cc(-n2nc3ccc(C(C)(C)c4ccccc4)cc3n2)c(O)c(C(C)(C)C)c1. The van der Waals surface area contributed by atoms with E-state index >= 15 is 0 Å². The molecule has 1 N–H and O–H groups in total. The second-order valence-corrected chi connectivity index (χ2v) is 11.6. The van der Waals surface area contributed by atoms with E-state index in [0.717, 1.165) is 22.2 Å². The molecule has 0 fully saturated rings. The summed E-state index contributed by atoms with van der Waals surface area (Å²) < 4.78 is 0. The summed E-state index contributed by atoms with van der Waals surface area (Å²) in [6.45, 7) is 17.3. The van der Waals surface area contributed by atoms with Gasteiger partial charge in [-0.3, -0.25) is 0 Å². The number of phenols is 1. The molecule has 4 heteroatoms. The van der Waals surface area contributed by atoms with Crippen molar-refractivity contribution in [3.63, 3.8) is 0 Å². The standard InChI is InChI=1S/C29H35N3O/c1-27(2,3)21-16-22(28(4,5)6)26(33)25(18-21)32-30-23-15-14-20(17-24(23)31-32)29(7,8)19-12-10-9-11-13-19/h9-18,33H,1-8H3. The first kappa shape index (κ1) is 23.0. The van der Waals surface area contributed by atoms with Gasteiger partial charge in [0.15, 0.2) is 0 Å². The zero-order valence-corrected chi connectivity index (χ0v) is 21.1. The Morgan fingerprint density at radius 1 is 0.636 bits per heavy atom. The van der Waals surface area contributed by atoms with Crippen molar-refractivity contribution in [1.29, 1.82) is 0 Å². The van der Waals surface area contributed by atoms with Gasteiger partial charge in [-0.2, -0.15) is 0 Å². The Morgan fingerprint density at radius 2 is 1.27 bits per heavy atom. The number of aromatic nitrogens is 3. The van der Waals surface area contributed by atoms with Gasteiger partial charge in [-0.1, -0.05) is 97.9 Å². The van der Waals surface area contributed by atoms with Crippen molar-refractivity contribution in [2.24, 2.45) is 0 Å². The Bertz CT molecular complexity index is 1300. The molecule has 0 aliphatic heterocycles. The van der Waals surface area contributed by atoms with Crippen LogP contribution in [0.5, 0.6) is 5.75 Å². The van der Waals surface area contributed by atoms with Crippen molar-refractivity contribution in [2.75, 3.05) is 0 Å². The summed E-state index contributed by atoms with van der Waals surface area (Å²) in [5.74, 6) is 0.237. The molecule has 0 radical (unpaired) electrons. The van der Waals surface area contributed by atoms with Gasteiger partial charge >= 0.3 is 0 Å². The first-order valence-corrected chi connectivity index (χ1v) is 11.6. The molecule has 33 heavy (non-hydrogen) atoms. The van der Waals surface area contributed by atoms with Gasteiger partial charge in [0.1, 0.15) is 22.5 Å². The minimum absolute atomic E-state index is 0.0676. The Kier molecular flexibility index (Phi) is 5.39. The summed E-state index contributed by atoms with van der Waals surface area (Å²) in [5, 5.41) is 20.8. The van der Waals surface area contributed by atoms with E-state index in [0.29, 0.717) is 5.69 Å². The van der Waals surface area contributed by atoms with Crippen molar-refractivity contribution in [3.05, 3.63) is 82.9 Å². The second kappa shape index (κ2) is 7.72. The van der Waals surface area contributed by atoms with Crippen LogP contribution in [0.15, 0.2) is 60.7 Å². The van der Waals surface area contributed by atoms with Crippen LogP contribution < -0.4 is 0 Å². The first-order chi connectivity index (χ1) is 15.3. The predicted molar refractivity (Wildman–Crippen MR) is 136 cm³/mol. The van der Waals surface area contributed by atoms with Crippen LogP contribution >= 0.6 is 0 Å². The van der Waals surface area contributed by atoms with Gasteiger partial charge in [0.2, 0.25) is 0 Å². The lowest BCUT2D eigenvalue weighted by molar-refractivity contribution is 0.438. The van der Waals surface area contributed by atoms with Crippen LogP contribution in [0.4, 0.5) is 0 Å². The summed E-state index contributed by atoms with van der Waals surface area (Å²) in [4.78, 5) is 1.59. The zero-order valence-electron chi connectivity index (χ0n) is 21.1. The molecule has 1 aromatic heterocycles. The van der Waals surface area contributed by atoms with Crippen LogP contribution in [0.3, 0.4) is 0 Å². The summed E-state index contributed by atoms with van der Waals surface area (Å²) >= 11 is 0. The topological polar surface area (TPSA) is 50.9 Å². The summed E-state index contributed by atoms with van der Waals surface area (Å²) in [7, 11) is 0. The number of aromatic hydroxyl groups is 1. The van der Waals surface area contributed by atoms with Gasteiger partial charge in [0, 0.05) is 11.0 Å². The van der Waals surface area contributed by atoms with Crippen molar-refractivity contribution in [2.45, 2.75) is 71.6 Å². The highest BCUT2D eigenvalue weighted by Crippen LogP contribution is 2.39. The maximum absolute atomic E-state index is 11.2. The quantitative estimate of drug-likeness (QED) is 0.371. The number of benzene rings is 3. The molecule has 0 saturated carbocycles. The third kappa shape index (κ3) is 4.27. The number of nitrogens with zero attached hydrogens (tertiary/aromatic N) is 3. The van der Waals surface area contributed by atoms with E-state index in [1.807, 2.05) is 18.2 Å². The molecule has 4 nitrogen and oxygen atoms in total. The summed E-state index contributed by atoms with van der Waals surface area (Å²) in [6, 6.07) is 20.9. The lowest BCUT2D eigenvalue weighted by Crippen LogP contribution is -2.18. The van der Waals surface area contributed by atoms with Crippen LogP contribution in [0.25, 0.3) is 16.7 Å². The van der Waals surface area contributed by atoms with Crippen molar-refractivity contribution in [1.82, 2.24) is 15.0 Å². The van der Waals surface area contributed by atoms with E-state index in [4.69, 9.17) is 10.2 Å². The monoisotopic (exact) mass is 441 g/mol. The highest BCUT2D eigenvalue weighted by atomic mass is 16.3. The average Bonchev–Trinajstić information content (AvgIpc) is 3.16. The summed E-state index contributed by atoms with van der Waals surface area (Å²) in [6.07, 6.45) is 0. The fourth-order valence-electron chi connectivity index (χ4n) is 4.21. The number of hydrogen-bond acceptors (Lipinski definition) is 3. The highest BCUT2D eigenvalue weighted by molar-refractivity contribution is 5.76. The van der Waals surface area contributed by atoms with E-state index in [1.165, 1.54) is 11.1 Å². The molecule has 0 aliphatic rings. The molecule has 3 aromatic carbocycles. The van der Waals surface area contributed by atoms with Crippen LogP contribution in [-0.4, -0.2) is 20.1 Å². The van der Waals surface area contributed by atoms with Gasteiger partial charge < -0.3 is 5.11 Å². The smallest absolute Gasteiger partial charge is 0.146 e. The molecule has 1 heterocycles. The van der Waals surface area contributed by atoms with Crippen molar-refractivity contribution in [3.8, 4) is 11.4 Å². The Balaban J connectivity index is 1.86. The minimum Gasteiger partial charge on any atom is -0.505 e. The van der Waals surface area contributed by atoms with E-state index < -0.39 is 0 Å². The first-order valence-electron chi connectivity index (χ1n) is 11.6. The zero-order chi connectivity index (χ0) is 24.2. The molecule has 172 valence electrons. The number of phenolic OH excluding ortho intramolecular Hbond substituents is 1. The van der Waals surface area contributed by atoms with Gasteiger partial charge in [-0.25, -0.2) is 0 Å². The van der Waals surface area contributed by atoms with Crippen LogP contribution in [0, 0.1) is 0 Å². The molecule has 0 spiro atoms. The summed E-state index contributed by atoms with van der Waals surface area (Å²) in [5.41, 5.74) is 6.28. The van der Waals surface area contributed by atoms with E-state index in [9.17, 15) is 5.11 Å². The van der Waals surface area contributed by atoms with Gasteiger partial charge in [-0.05, 0) is 45.7 Å². The average molecular weight is 442 g/mol. The molecule has 0 aliphatic carbocycles. The number of rotatable bonds is 3. The fourth-order valence-corrected chi connectivity index (χ4v) is 4.21. The highest BCUT2D eigenvalue weighted by Gasteiger charge is 2.27. The molecule has 4 rings (SSSR count). The fraction of sp³-hybridized carbons (Fsp3) is 0.379. The molecule has 0 bridgehead atoms. The van der Waals surface area contributed by atoms with E-state index in [1.54, 1.807) is 4.80 Å².